The number of rotatable bonds is 11. The molecule has 0 heterocycles. The number of hydrazone groups is 1. The average molecular weight is 450 g/mol. The van der Waals surface area contributed by atoms with E-state index in [1.165, 1.54) is 6.21 Å². The van der Waals surface area contributed by atoms with Crippen molar-refractivity contribution in [3.63, 3.8) is 0 Å². The van der Waals surface area contributed by atoms with Crippen molar-refractivity contribution in [3.05, 3.63) is 78.4 Å². The third-order valence-corrected chi connectivity index (χ3v) is 4.48. The van der Waals surface area contributed by atoms with Crippen LogP contribution in [-0.4, -0.2) is 39.7 Å². The molecule has 0 radical (unpaired) electrons. The number of anilines is 1. The fraction of sp³-hybridized carbons (Fsp3) is 0.200. The van der Waals surface area contributed by atoms with E-state index in [2.05, 4.69) is 15.8 Å². The molecule has 3 aromatic rings. The molecule has 0 bridgehead atoms. The number of ether oxygens (including phenoxy) is 4. The number of urea groups is 1. The number of carbonyl (C=O) groups excluding carboxylic acids is 1. The van der Waals surface area contributed by atoms with Crippen molar-refractivity contribution < 1.29 is 23.7 Å². The van der Waals surface area contributed by atoms with Crippen molar-refractivity contribution in [2.75, 3.05) is 32.8 Å². The molecule has 0 aliphatic carbocycles. The molecule has 0 atom stereocenters. The number of amides is 2. The summed E-state index contributed by atoms with van der Waals surface area (Å²) in [5.74, 6) is 2.59. The molecule has 8 heteroatoms. The second-order valence-electron chi connectivity index (χ2n) is 6.80. The van der Waals surface area contributed by atoms with Crippen LogP contribution in [0.15, 0.2) is 77.9 Å². The van der Waals surface area contributed by atoms with E-state index in [4.69, 9.17) is 18.9 Å². The average Bonchev–Trinajstić information content (AvgIpc) is 2.85. The van der Waals surface area contributed by atoms with E-state index in [1.807, 2.05) is 54.6 Å². The van der Waals surface area contributed by atoms with Crippen LogP contribution in [-0.2, 0) is 0 Å². The lowest BCUT2D eigenvalue weighted by Crippen LogP contribution is -2.24. The zero-order chi connectivity index (χ0) is 23.3. The maximum atomic E-state index is 12.0. The second kappa shape index (κ2) is 12.6. The first-order valence-electron chi connectivity index (χ1n) is 10.4. The van der Waals surface area contributed by atoms with Crippen LogP contribution in [0.4, 0.5) is 10.5 Å². The van der Waals surface area contributed by atoms with Gasteiger partial charge in [0.2, 0.25) is 0 Å². The highest BCUT2D eigenvalue weighted by molar-refractivity contribution is 5.91. The monoisotopic (exact) mass is 449 g/mol. The van der Waals surface area contributed by atoms with Crippen molar-refractivity contribution in [2.45, 2.75) is 6.42 Å². The Bertz CT molecular complexity index is 1060. The van der Waals surface area contributed by atoms with Crippen LogP contribution in [0, 0.1) is 0 Å². The topological polar surface area (TPSA) is 90.4 Å². The van der Waals surface area contributed by atoms with Gasteiger partial charge >= 0.3 is 6.03 Å². The number of carbonyl (C=O) groups is 1. The van der Waals surface area contributed by atoms with Crippen LogP contribution in [0.2, 0.25) is 0 Å². The van der Waals surface area contributed by atoms with E-state index in [0.717, 1.165) is 11.5 Å². The van der Waals surface area contributed by atoms with Crippen molar-refractivity contribution in [1.82, 2.24) is 5.43 Å². The number of hydrogen-bond acceptors (Lipinski definition) is 6. The van der Waals surface area contributed by atoms with Crippen molar-refractivity contribution in [3.8, 4) is 23.0 Å². The van der Waals surface area contributed by atoms with E-state index >= 15 is 0 Å². The minimum Gasteiger partial charge on any atom is -0.497 e. The lowest BCUT2D eigenvalue weighted by Gasteiger charge is -2.13. The fourth-order valence-corrected chi connectivity index (χ4v) is 2.90. The first-order valence-corrected chi connectivity index (χ1v) is 10.4. The maximum Gasteiger partial charge on any atom is 0.339 e. The Morgan fingerprint density at radius 3 is 2.42 bits per heavy atom. The molecule has 0 aliphatic rings. The van der Waals surface area contributed by atoms with Gasteiger partial charge in [-0.3, -0.25) is 0 Å². The zero-order valence-corrected chi connectivity index (χ0v) is 18.6. The van der Waals surface area contributed by atoms with Crippen molar-refractivity contribution in [2.24, 2.45) is 5.10 Å². The highest BCUT2D eigenvalue weighted by Crippen LogP contribution is 2.30. The molecule has 0 aromatic heterocycles. The number of para-hydroxylation sites is 2. The third kappa shape index (κ3) is 7.46. The molecule has 172 valence electrons. The van der Waals surface area contributed by atoms with Crippen LogP contribution in [0.25, 0.3) is 0 Å². The predicted molar refractivity (Wildman–Crippen MR) is 128 cm³/mol. The van der Waals surface area contributed by atoms with Gasteiger partial charge in [-0.2, -0.15) is 5.10 Å². The normalized spacial score (nSPS) is 10.5. The lowest BCUT2D eigenvalue weighted by atomic mass is 10.2. The van der Waals surface area contributed by atoms with Gasteiger partial charge in [0, 0.05) is 23.7 Å². The second-order valence-corrected chi connectivity index (χ2v) is 6.80. The number of nitrogens with zero attached hydrogens (tertiary/aromatic N) is 1. The molecule has 3 rings (SSSR count). The summed E-state index contributed by atoms with van der Waals surface area (Å²) in [6, 6.07) is 21.6. The van der Waals surface area contributed by atoms with Crippen LogP contribution in [0.1, 0.15) is 12.0 Å². The Morgan fingerprint density at radius 1 is 0.879 bits per heavy atom. The Labute approximate surface area is 193 Å². The summed E-state index contributed by atoms with van der Waals surface area (Å²) in [6.07, 6.45) is 2.17. The predicted octanol–water partition coefficient (Wildman–Crippen LogP) is 4.71. The van der Waals surface area contributed by atoms with Crippen molar-refractivity contribution >= 4 is 17.9 Å². The highest BCUT2D eigenvalue weighted by atomic mass is 16.5. The van der Waals surface area contributed by atoms with Gasteiger partial charge in [0.1, 0.15) is 11.5 Å². The van der Waals surface area contributed by atoms with Gasteiger partial charge in [-0.1, -0.05) is 30.3 Å². The van der Waals surface area contributed by atoms with E-state index in [-0.39, 0.29) is 0 Å². The molecule has 0 fully saturated rings. The van der Waals surface area contributed by atoms with Crippen LogP contribution >= 0.6 is 0 Å². The first kappa shape index (κ1) is 23.5. The molecule has 2 N–H and O–H groups in total. The highest BCUT2D eigenvalue weighted by Gasteiger charge is 2.10. The first-order chi connectivity index (χ1) is 16.2. The van der Waals surface area contributed by atoms with Gasteiger partial charge < -0.3 is 24.3 Å². The smallest absolute Gasteiger partial charge is 0.339 e. The number of hydrogen-bond donors (Lipinski definition) is 2. The fourth-order valence-electron chi connectivity index (χ4n) is 2.90. The summed E-state index contributed by atoms with van der Waals surface area (Å²) in [5, 5.41) is 6.71. The summed E-state index contributed by atoms with van der Waals surface area (Å²) in [7, 11) is 3.19. The Balaban J connectivity index is 1.52. The van der Waals surface area contributed by atoms with E-state index in [9.17, 15) is 4.79 Å². The quantitative estimate of drug-likeness (QED) is 0.251. The van der Waals surface area contributed by atoms with Gasteiger partial charge in [-0.05, 0) is 36.4 Å². The summed E-state index contributed by atoms with van der Waals surface area (Å²) in [6.45, 7) is 0.889. The Kier molecular flexibility index (Phi) is 8.96. The van der Waals surface area contributed by atoms with Gasteiger partial charge in [0.05, 0.1) is 33.6 Å². The van der Waals surface area contributed by atoms with Crippen LogP contribution < -0.4 is 29.7 Å². The minimum atomic E-state index is -0.447. The molecule has 0 saturated heterocycles. The molecule has 0 saturated carbocycles. The minimum absolute atomic E-state index is 0.410. The molecule has 0 aliphatic heterocycles. The summed E-state index contributed by atoms with van der Waals surface area (Å²) < 4.78 is 22.3. The molecule has 33 heavy (non-hydrogen) atoms. The zero-order valence-electron chi connectivity index (χ0n) is 18.6. The van der Waals surface area contributed by atoms with E-state index < -0.39 is 6.03 Å². The van der Waals surface area contributed by atoms with Crippen LogP contribution in [0.3, 0.4) is 0 Å². The van der Waals surface area contributed by atoms with Gasteiger partial charge in [0.15, 0.2) is 11.5 Å². The Hall–Kier alpha value is -4.20. The SMILES string of the molecule is COc1cccc(OCCCOc2c(C=NNC(=O)Nc3ccccc3)cccc2OC)c1. The molecule has 8 nitrogen and oxygen atoms in total. The number of nitrogens with one attached hydrogen (secondary N) is 2. The number of methoxy groups -OCH3 is 2. The van der Waals surface area contributed by atoms with E-state index in [1.54, 1.807) is 32.4 Å². The van der Waals surface area contributed by atoms with Gasteiger partial charge in [-0.25, -0.2) is 10.2 Å². The standard InChI is InChI=1S/C25H27N3O5/c1-30-21-12-7-13-22(17-21)32-15-8-16-33-24-19(9-6-14-23(24)31-2)18-26-28-25(29)27-20-10-4-3-5-11-20/h3-7,9-14,17-18H,8,15-16H2,1-2H3,(H2,27,28,29). The van der Waals surface area contributed by atoms with E-state index in [0.29, 0.717) is 42.4 Å². The summed E-state index contributed by atoms with van der Waals surface area (Å²) in [4.78, 5) is 12.0. The van der Waals surface area contributed by atoms with Gasteiger partial charge in [0.25, 0.3) is 0 Å². The molecule has 3 aromatic carbocycles. The number of benzene rings is 3. The summed E-state index contributed by atoms with van der Waals surface area (Å²) in [5.41, 5.74) is 3.78. The van der Waals surface area contributed by atoms with Gasteiger partial charge in [-0.15, -0.1) is 0 Å². The van der Waals surface area contributed by atoms with Crippen LogP contribution in [0.5, 0.6) is 23.0 Å². The Morgan fingerprint density at radius 2 is 1.64 bits per heavy atom. The maximum absolute atomic E-state index is 12.0. The molecule has 2 amide bonds. The largest absolute Gasteiger partial charge is 0.497 e. The molecule has 0 spiro atoms. The third-order valence-electron chi connectivity index (χ3n) is 4.48. The summed E-state index contributed by atoms with van der Waals surface area (Å²) >= 11 is 0. The lowest BCUT2D eigenvalue weighted by molar-refractivity contribution is 0.239. The molecular weight excluding hydrogens is 422 g/mol. The molecular formula is C25H27N3O5. The van der Waals surface area contributed by atoms with Crippen molar-refractivity contribution in [1.29, 1.82) is 0 Å². The molecule has 0 unspecified atom stereocenters.